The molecule has 0 unspecified atom stereocenters. The lowest BCUT2D eigenvalue weighted by atomic mass is 10.1. The number of hydrogen-bond acceptors (Lipinski definition) is 1. The first-order valence-corrected chi connectivity index (χ1v) is 5.54. The van der Waals surface area contributed by atoms with E-state index in [0.29, 0.717) is 5.56 Å². The largest absolute Gasteiger partial charge is 0.347 e. The van der Waals surface area contributed by atoms with Crippen LogP contribution in [0.1, 0.15) is 31.1 Å². The van der Waals surface area contributed by atoms with E-state index in [1.807, 2.05) is 45.0 Å². The van der Waals surface area contributed by atoms with Crippen molar-refractivity contribution >= 4 is 28.5 Å². The average Bonchev–Trinajstić information content (AvgIpc) is 2.02. The van der Waals surface area contributed by atoms with Crippen LogP contribution in [0.15, 0.2) is 24.3 Å². The molecule has 0 atom stereocenters. The van der Waals surface area contributed by atoms with Gasteiger partial charge in [-0.25, -0.2) is 0 Å². The molecule has 14 heavy (non-hydrogen) atoms. The number of carbonyl (C=O) groups is 1. The average molecular weight is 303 g/mol. The minimum Gasteiger partial charge on any atom is -0.347 e. The number of carbonyl (C=O) groups excluding carboxylic acids is 1. The van der Waals surface area contributed by atoms with E-state index in [1.54, 1.807) is 0 Å². The standard InChI is InChI=1S/C11H14INO/c1-11(2,3)13-10(14)8-4-6-9(12)7-5-8/h4-7H,1-3H3,(H,13,14). The zero-order valence-corrected chi connectivity index (χ0v) is 10.8. The monoisotopic (exact) mass is 303 g/mol. The molecule has 76 valence electrons. The first-order chi connectivity index (χ1) is 6.38. The zero-order valence-electron chi connectivity index (χ0n) is 8.60. The normalized spacial score (nSPS) is 11.1. The predicted octanol–water partition coefficient (Wildman–Crippen LogP) is 2.82. The van der Waals surface area contributed by atoms with Gasteiger partial charge < -0.3 is 5.32 Å². The van der Waals surface area contributed by atoms with E-state index in [4.69, 9.17) is 0 Å². The van der Waals surface area contributed by atoms with Gasteiger partial charge in [0.2, 0.25) is 0 Å². The molecule has 1 N–H and O–H groups in total. The molecule has 0 saturated carbocycles. The van der Waals surface area contributed by atoms with Crippen LogP contribution < -0.4 is 5.32 Å². The van der Waals surface area contributed by atoms with Crippen molar-refractivity contribution in [1.82, 2.24) is 5.32 Å². The number of amides is 1. The fraction of sp³-hybridized carbons (Fsp3) is 0.364. The van der Waals surface area contributed by atoms with Crippen LogP contribution in [0.5, 0.6) is 0 Å². The molecule has 0 radical (unpaired) electrons. The summed E-state index contributed by atoms with van der Waals surface area (Å²) >= 11 is 2.22. The minimum absolute atomic E-state index is 0.0195. The lowest BCUT2D eigenvalue weighted by Crippen LogP contribution is -2.40. The van der Waals surface area contributed by atoms with Crippen molar-refractivity contribution < 1.29 is 4.79 Å². The maximum atomic E-state index is 11.7. The third-order valence-electron chi connectivity index (χ3n) is 1.59. The first kappa shape index (κ1) is 11.5. The third kappa shape index (κ3) is 3.65. The Balaban J connectivity index is 2.76. The summed E-state index contributed by atoms with van der Waals surface area (Å²) in [6, 6.07) is 7.53. The lowest BCUT2D eigenvalue weighted by molar-refractivity contribution is 0.0919. The van der Waals surface area contributed by atoms with Gasteiger partial charge >= 0.3 is 0 Å². The van der Waals surface area contributed by atoms with Gasteiger partial charge in [-0.05, 0) is 67.6 Å². The fourth-order valence-corrected chi connectivity index (χ4v) is 1.37. The molecule has 0 heterocycles. The van der Waals surface area contributed by atoms with Gasteiger partial charge in [0.25, 0.3) is 5.91 Å². The van der Waals surface area contributed by atoms with E-state index in [9.17, 15) is 4.79 Å². The summed E-state index contributed by atoms with van der Waals surface area (Å²) in [4.78, 5) is 11.7. The Morgan fingerprint density at radius 1 is 1.21 bits per heavy atom. The van der Waals surface area contributed by atoms with E-state index in [1.165, 1.54) is 0 Å². The van der Waals surface area contributed by atoms with Crippen LogP contribution in [-0.4, -0.2) is 11.4 Å². The van der Waals surface area contributed by atoms with Crippen LogP contribution >= 0.6 is 22.6 Å². The summed E-state index contributed by atoms with van der Waals surface area (Å²) in [5, 5.41) is 2.91. The molecule has 0 aliphatic rings. The summed E-state index contributed by atoms with van der Waals surface area (Å²) < 4.78 is 1.13. The van der Waals surface area contributed by atoms with Crippen LogP contribution in [0.3, 0.4) is 0 Å². The van der Waals surface area contributed by atoms with Gasteiger partial charge in [-0.1, -0.05) is 0 Å². The van der Waals surface area contributed by atoms with Crippen molar-refractivity contribution in [2.24, 2.45) is 0 Å². The fourth-order valence-electron chi connectivity index (χ4n) is 1.01. The van der Waals surface area contributed by atoms with Gasteiger partial charge in [0.05, 0.1) is 0 Å². The van der Waals surface area contributed by atoms with Crippen molar-refractivity contribution in [2.45, 2.75) is 26.3 Å². The minimum atomic E-state index is -0.180. The van der Waals surface area contributed by atoms with Crippen molar-refractivity contribution in [2.75, 3.05) is 0 Å². The highest BCUT2D eigenvalue weighted by atomic mass is 127. The highest BCUT2D eigenvalue weighted by molar-refractivity contribution is 14.1. The molecule has 0 spiro atoms. The molecule has 1 aromatic carbocycles. The van der Waals surface area contributed by atoms with Crippen molar-refractivity contribution in [3.63, 3.8) is 0 Å². The molecule has 0 saturated heterocycles. The summed E-state index contributed by atoms with van der Waals surface area (Å²) in [6.45, 7) is 5.91. The Kier molecular flexibility index (Phi) is 3.53. The second-order valence-electron chi connectivity index (χ2n) is 4.21. The number of halogens is 1. The van der Waals surface area contributed by atoms with Crippen LogP contribution in [-0.2, 0) is 0 Å². The van der Waals surface area contributed by atoms with Crippen molar-refractivity contribution in [3.05, 3.63) is 33.4 Å². The lowest BCUT2D eigenvalue weighted by Gasteiger charge is -2.20. The van der Waals surface area contributed by atoms with E-state index < -0.39 is 0 Å². The molecule has 0 aliphatic carbocycles. The van der Waals surface area contributed by atoms with E-state index >= 15 is 0 Å². The highest BCUT2D eigenvalue weighted by Crippen LogP contribution is 2.08. The maximum absolute atomic E-state index is 11.7. The second-order valence-corrected chi connectivity index (χ2v) is 5.46. The quantitative estimate of drug-likeness (QED) is 0.794. The summed E-state index contributed by atoms with van der Waals surface area (Å²) in [7, 11) is 0. The van der Waals surface area contributed by atoms with Gasteiger partial charge in [-0.2, -0.15) is 0 Å². The SMILES string of the molecule is CC(C)(C)NC(=O)c1ccc(I)cc1. The Labute approximate surface area is 98.2 Å². The smallest absolute Gasteiger partial charge is 0.251 e. The molecule has 2 nitrogen and oxygen atoms in total. The van der Waals surface area contributed by atoms with Gasteiger partial charge in [0.15, 0.2) is 0 Å². The predicted molar refractivity (Wildman–Crippen MR) is 66.4 cm³/mol. The molecular formula is C11H14INO. The Hall–Kier alpha value is -0.580. The van der Waals surface area contributed by atoms with Crippen LogP contribution in [0.4, 0.5) is 0 Å². The molecule has 0 aliphatic heterocycles. The molecule has 0 aromatic heterocycles. The number of benzene rings is 1. The van der Waals surface area contributed by atoms with Gasteiger partial charge in [-0.3, -0.25) is 4.79 Å². The van der Waals surface area contributed by atoms with E-state index in [0.717, 1.165) is 3.57 Å². The summed E-state index contributed by atoms with van der Waals surface area (Å²) in [6.07, 6.45) is 0. The third-order valence-corrected chi connectivity index (χ3v) is 2.31. The van der Waals surface area contributed by atoms with Crippen molar-refractivity contribution in [1.29, 1.82) is 0 Å². The van der Waals surface area contributed by atoms with Crippen LogP contribution in [0.25, 0.3) is 0 Å². The Morgan fingerprint density at radius 3 is 2.14 bits per heavy atom. The molecular weight excluding hydrogens is 289 g/mol. The molecule has 3 heteroatoms. The van der Waals surface area contributed by atoms with Gasteiger partial charge in [0.1, 0.15) is 0 Å². The topological polar surface area (TPSA) is 29.1 Å². The zero-order chi connectivity index (χ0) is 10.8. The molecule has 0 fully saturated rings. The summed E-state index contributed by atoms with van der Waals surface area (Å²) in [5.74, 6) is -0.0195. The highest BCUT2D eigenvalue weighted by Gasteiger charge is 2.14. The van der Waals surface area contributed by atoms with Crippen LogP contribution in [0, 0.1) is 3.57 Å². The first-order valence-electron chi connectivity index (χ1n) is 4.46. The van der Waals surface area contributed by atoms with E-state index in [2.05, 4.69) is 27.9 Å². The van der Waals surface area contributed by atoms with Gasteiger partial charge in [0, 0.05) is 14.7 Å². The van der Waals surface area contributed by atoms with Crippen molar-refractivity contribution in [3.8, 4) is 0 Å². The van der Waals surface area contributed by atoms with Crippen LogP contribution in [0.2, 0.25) is 0 Å². The second kappa shape index (κ2) is 4.29. The Bertz CT molecular complexity index is 324. The maximum Gasteiger partial charge on any atom is 0.251 e. The molecule has 1 aromatic rings. The number of rotatable bonds is 1. The molecule has 0 bridgehead atoms. The number of nitrogens with one attached hydrogen (secondary N) is 1. The molecule has 1 amide bonds. The molecule has 1 rings (SSSR count). The number of hydrogen-bond donors (Lipinski definition) is 1. The van der Waals surface area contributed by atoms with E-state index in [-0.39, 0.29) is 11.4 Å². The summed E-state index contributed by atoms with van der Waals surface area (Å²) in [5.41, 5.74) is 0.528. The van der Waals surface area contributed by atoms with Gasteiger partial charge in [-0.15, -0.1) is 0 Å². The Morgan fingerprint density at radius 2 is 1.71 bits per heavy atom.